The molecule has 1 heterocycles. The van der Waals surface area contributed by atoms with Crippen molar-refractivity contribution >= 4 is 50.9 Å². The molecule has 0 aromatic heterocycles. The topological polar surface area (TPSA) is 104 Å². The van der Waals surface area contributed by atoms with Crippen molar-refractivity contribution in [1.29, 1.82) is 0 Å². The van der Waals surface area contributed by atoms with Crippen molar-refractivity contribution < 1.29 is 22.8 Å². The molecule has 0 aliphatic carbocycles. The zero-order chi connectivity index (χ0) is 25.2. The highest BCUT2D eigenvalue weighted by molar-refractivity contribution is 7.90. The third-order valence-corrected chi connectivity index (χ3v) is 7.87. The summed E-state index contributed by atoms with van der Waals surface area (Å²) in [7, 11) is -4.18. The Bertz CT molecular complexity index is 1230. The fraction of sp³-hybridized carbons (Fsp3) is 0.348. The smallest absolute Gasteiger partial charge is 0.269 e. The lowest BCUT2D eigenvalue weighted by Crippen LogP contribution is -2.53. The van der Waals surface area contributed by atoms with Crippen LogP contribution in [0, 0.1) is 0 Å². The Morgan fingerprint density at radius 1 is 1.09 bits per heavy atom. The number of rotatable bonds is 8. The van der Waals surface area contributed by atoms with E-state index in [0.29, 0.717) is 14.9 Å². The molecule has 2 aromatic carbocycles. The maximum absolute atomic E-state index is 13.5. The van der Waals surface area contributed by atoms with Crippen molar-refractivity contribution in [2.45, 2.75) is 50.7 Å². The molecule has 3 rings (SSSR count). The van der Waals surface area contributed by atoms with Gasteiger partial charge in [-0.1, -0.05) is 48.3 Å². The first kappa shape index (κ1) is 26.0. The van der Waals surface area contributed by atoms with E-state index in [-0.39, 0.29) is 40.4 Å². The van der Waals surface area contributed by atoms with Crippen molar-refractivity contribution in [2.75, 3.05) is 6.54 Å². The first-order chi connectivity index (χ1) is 16.0. The van der Waals surface area contributed by atoms with Crippen LogP contribution in [0.2, 0.25) is 10.0 Å². The molecule has 1 unspecified atom stereocenters. The number of hydrogen-bond donors (Lipinski definition) is 1. The third-order valence-electron chi connectivity index (χ3n) is 5.34. The summed E-state index contributed by atoms with van der Waals surface area (Å²) in [6, 6.07) is 9.53. The number of amides is 3. The second kappa shape index (κ2) is 10.3. The van der Waals surface area contributed by atoms with E-state index in [0.717, 1.165) is 0 Å². The Labute approximate surface area is 208 Å². The summed E-state index contributed by atoms with van der Waals surface area (Å²) in [5.41, 5.74) is 0.605. The molecule has 0 saturated heterocycles. The first-order valence-electron chi connectivity index (χ1n) is 10.7. The number of nitrogens with zero attached hydrogens (tertiary/aromatic N) is 2. The van der Waals surface area contributed by atoms with Crippen LogP contribution in [0.15, 0.2) is 47.4 Å². The molecule has 3 amide bonds. The van der Waals surface area contributed by atoms with Crippen LogP contribution in [-0.4, -0.2) is 54.0 Å². The second-order valence-corrected chi connectivity index (χ2v) is 10.8. The molecule has 8 nitrogen and oxygen atoms in total. The van der Waals surface area contributed by atoms with E-state index in [1.165, 1.54) is 23.1 Å². The van der Waals surface area contributed by atoms with Gasteiger partial charge in [-0.05, 0) is 50.1 Å². The zero-order valence-electron chi connectivity index (χ0n) is 18.9. The molecule has 11 heteroatoms. The van der Waals surface area contributed by atoms with Gasteiger partial charge in [-0.3, -0.25) is 14.4 Å². The summed E-state index contributed by atoms with van der Waals surface area (Å²) in [5, 5.41) is 3.40. The van der Waals surface area contributed by atoms with Crippen LogP contribution >= 0.6 is 23.2 Å². The SMILES string of the molecule is CCC(C(=O)NC(C)C)N(Cc1ccc(Cl)c(Cl)c1)C(=O)CN1C(=O)c2ccccc2S1(=O)=O. The van der Waals surface area contributed by atoms with Crippen LogP contribution in [0.3, 0.4) is 0 Å². The van der Waals surface area contributed by atoms with Gasteiger partial charge < -0.3 is 10.2 Å². The predicted octanol–water partition coefficient (Wildman–Crippen LogP) is 3.47. The van der Waals surface area contributed by atoms with E-state index in [1.54, 1.807) is 45.0 Å². The normalized spacial score (nSPS) is 15.2. The quantitative estimate of drug-likeness (QED) is 0.568. The number of fused-ring (bicyclic) bond motifs is 1. The third kappa shape index (κ3) is 5.21. The van der Waals surface area contributed by atoms with Crippen LogP contribution in [0.1, 0.15) is 43.1 Å². The first-order valence-corrected chi connectivity index (χ1v) is 12.9. The van der Waals surface area contributed by atoms with E-state index in [4.69, 9.17) is 23.2 Å². The number of benzene rings is 2. The summed E-state index contributed by atoms with van der Waals surface area (Å²) in [6.07, 6.45) is 0.270. The number of sulfonamides is 1. The van der Waals surface area contributed by atoms with E-state index in [9.17, 15) is 22.8 Å². The highest BCUT2D eigenvalue weighted by atomic mass is 35.5. The molecule has 0 spiro atoms. The van der Waals surface area contributed by atoms with Gasteiger partial charge in [0.1, 0.15) is 17.5 Å². The fourth-order valence-electron chi connectivity index (χ4n) is 3.74. The Morgan fingerprint density at radius 3 is 2.35 bits per heavy atom. The Balaban J connectivity index is 1.95. The molecule has 1 atom stereocenters. The van der Waals surface area contributed by atoms with E-state index in [1.807, 2.05) is 0 Å². The number of halogens is 2. The molecule has 182 valence electrons. The standard InChI is InChI=1S/C23H25Cl2N3O5S/c1-4-19(22(30)26-14(2)3)27(12-15-9-10-17(24)18(25)11-15)21(29)13-28-23(31)16-7-5-6-8-20(16)34(28,32)33/h5-11,14,19H,4,12-13H2,1-3H3,(H,26,30). The molecule has 34 heavy (non-hydrogen) atoms. The number of carbonyl (C=O) groups excluding carboxylic acids is 3. The van der Waals surface area contributed by atoms with Crippen molar-refractivity contribution in [3.63, 3.8) is 0 Å². The minimum Gasteiger partial charge on any atom is -0.352 e. The van der Waals surface area contributed by atoms with Crippen LogP contribution < -0.4 is 5.32 Å². The minimum absolute atomic E-state index is 0.0101. The lowest BCUT2D eigenvalue weighted by atomic mass is 10.1. The van der Waals surface area contributed by atoms with Crippen molar-refractivity contribution in [2.24, 2.45) is 0 Å². The van der Waals surface area contributed by atoms with Gasteiger partial charge in [0, 0.05) is 12.6 Å². The second-order valence-electron chi connectivity index (χ2n) is 8.17. The summed E-state index contributed by atoms with van der Waals surface area (Å²) in [4.78, 5) is 40.3. The summed E-state index contributed by atoms with van der Waals surface area (Å²) in [5.74, 6) is -1.86. The lowest BCUT2D eigenvalue weighted by Gasteiger charge is -2.32. The number of carbonyl (C=O) groups is 3. The zero-order valence-corrected chi connectivity index (χ0v) is 21.2. The van der Waals surface area contributed by atoms with Gasteiger partial charge in [-0.15, -0.1) is 0 Å². The molecule has 0 saturated carbocycles. The fourth-order valence-corrected chi connectivity index (χ4v) is 5.57. The van der Waals surface area contributed by atoms with Crippen molar-refractivity contribution in [3.8, 4) is 0 Å². The van der Waals surface area contributed by atoms with Crippen molar-refractivity contribution in [1.82, 2.24) is 14.5 Å². The highest BCUT2D eigenvalue weighted by Crippen LogP contribution is 2.30. The maximum atomic E-state index is 13.5. The maximum Gasteiger partial charge on any atom is 0.269 e. The molecular formula is C23H25Cl2N3O5S. The Hall–Kier alpha value is -2.62. The number of nitrogens with one attached hydrogen (secondary N) is 1. The largest absolute Gasteiger partial charge is 0.352 e. The average Bonchev–Trinajstić information content (AvgIpc) is 2.96. The molecule has 2 aromatic rings. The summed E-state index contributed by atoms with van der Waals surface area (Å²) >= 11 is 12.1. The van der Waals surface area contributed by atoms with Gasteiger partial charge in [-0.2, -0.15) is 0 Å². The molecule has 1 aliphatic rings. The Kier molecular flexibility index (Phi) is 7.90. The predicted molar refractivity (Wildman–Crippen MR) is 129 cm³/mol. The van der Waals surface area contributed by atoms with E-state index in [2.05, 4.69) is 5.32 Å². The molecule has 0 radical (unpaired) electrons. The lowest BCUT2D eigenvalue weighted by molar-refractivity contribution is -0.141. The van der Waals surface area contributed by atoms with Crippen LogP contribution in [0.25, 0.3) is 0 Å². The number of hydrogen-bond acceptors (Lipinski definition) is 5. The molecule has 0 bridgehead atoms. The molecule has 1 aliphatic heterocycles. The van der Waals surface area contributed by atoms with Crippen molar-refractivity contribution in [3.05, 3.63) is 63.6 Å². The molecular weight excluding hydrogens is 501 g/mol. The Morgan fingerprint density at radius 2 is 1.76 bits per heavy atom. The van der Waals surface area contributed by atoms with Gasteiger partial charge in [0.15, 0.2) is 0 Å². The molecule has 0 fully saturated rings. The van der Waals surface area contributed by atoms with E-state index < -0.39 is 34.4 Å². The highest BCUT2D eigenvalue weighted by Gasteiger charge is 2.43. The monoisotopic (exact) mass is 525 g/mol. The van der Waals surface area contributed by atoms with Crippen LogP contribution in [0.5, 0.6) is 0 Å². The average molecular weight is 526 g/mol. The van der Waals surface area contributed by atoms with Gasteiger partial charge in [0.25, 0.3) is 15.9 Å². The van der Waals surface area contributed by atoms with Gasteiger partial charge in [0.2, 0.25) is 11.8 Å². The summed E-state index contributed by atoms with van der Waals surface area (Å²) in [6.45, 7) is 4.57. The van der Waals surface area contributed by atoms with Crippen LogP contribution in [-0.2, 0) is 26.2 Å². The minimum atomic E-state index is -4.18. The van der Waals surface area contributed by atoms with Gasteiger partial charge in [0.05, 0.1) is 15.6 Å². The summed E-state index contributed by atoms with van der Waals surface area (Å²) < 4.78 is 26.4. The van der Waals surface area contributed by atoms with Gasteiger partial charge >= 0.3 is 0 Å². The van der Waals surface area contributed by atoms with E-state index >= 15 is 0 Å². The van der Waals surface area contributed by atoms with Gasteiger partial charge in [-0.25, -0.2) is 12.7 Å². The molecule has 1 N–H and O–H groups in total. The van der Waals surface area contributed by atoms with Crippen LogP contribution in [0.4, 0.5) is 0 Å².